The second-order valence-electron chi connectivity index (χ2n) is 8.06. The molecular formula is C29H26N2OP2. The van der Waals surface area contributed by atoms with Crippen LogP contribution in [-0.4, -0.2) is 9.13 Å². The number of imidazole rings is 1. The molecule has 0 bridgehead atoms. The standard InChI is InChI=1S/C29H26N2OP2/c1-30-27(33(23-15-7-3-8-16-23)24-17-9-4-10-18-24)28(31(2)29(30)32)34(25-19-11-5-12-20-25)26-21-13-6-14-22-26/h3-22H,1-2H3. The van der Waals surface area contributed by atoms with Gasteiger partial charge < -0.3 is 0 Å². The molecule has 3 nitrogen and oxygen atoms in total. The number of benzene rings is 4. The van der Waals surface area contributed by atoms with E-state index < -0.39 is 15.8 Å². The minimum absolute atomic E-state index is 0.0173. The van der Waals surface area contributed by atoms with Crippen molar-refractivity contribution in [2.45, 2.75) is 0 Å². The fourth-order valence-corrected chi connectivity index (χ4v) is 9.83. The van der Waals surface area contributed by atoms with Gasteiger partial charge in [-0.05, 0) is 21.2 Å². The smallest absolute Gasteiger partial charge is 0.294 e. The molecule has 0 N–H and O–H groups in total. The fraction of sp³-hybridized carbons (Fsp3) is 0.0690. The maximum absolute atomic E-state index is 13.5. The van der Waals surface area contributed by atoms with E-state index in [1.54, 1.807) is 0 Å². The predicted octanol–water partition coefficient (Wildman–Crippen LogP) is 3.24. The molecule has 0 saturated heterocycles. The van der Waals surface area contributed by atoms with Gasteiger partial charge in [-0.25, -0.2) is 4.79 Å². The summed E-state index contributed by atoms with van der Waals surface area (Å²) < 4.78 is 3.75. The lowest BCUT2D eigenvalue weighted by Gasteiger charge is -2.25. The highest BCUT2D eigenvalue weighted by molar-refractivity contribution is 7.85. The maximum Gasteiger partial charge on any atom is 0.328 e. The first kappa shape index (κ1) is 22.5. The zero-order chi connectivity index (χ0) is 23.5. The van der Waals surface area contributed by atoms with Gasteiger partial charge in [0.1, 0.15) is 0 Å². The average molecular weight is 480 g/mol. The lowest BCUT2D eigenvalue weighted by atomic mass is 10.4. The van der Waals surface area contributed by atoms with Gasteiger partial charge in [0.25, 0.3) is 0 Å². The van der Waals surface area contributed by atoms with Gasteiger partial charge in [0.2, 0.25) is 0 Å². The van der Waals surface area contributed by atoms with Gasteiger partial charge in [-0.2, -0.15) is 0 Å². The summed E-state index contributed by atoms with van der Waals surface area (Å²) in [6, 6.07) is 42.4. The molecule has 0 spiro atoms. The largest absolute Gasteiger partial charge is 0.328 e. The van der Waals surface area contributed by atoms with Crippen molar-refractivity contribution in [3.05, 3.63) is 132 Å². The predicted molar refractivity (Wildman–Crippen MR) is 148 cm³/mol. The van der Waals surface area contributed by atoms with Crippen LogP contribution in [0.1, 0.15) is 0 Å². The lowest BCUT2D eigenvalue weighted by molar-refractivity contribution is 0.790. The Balaban J connectivity index is 1.84. The van der Waals surface area contributed by atoms with Crippen molar-refractivity contribution < 1.29 is 0 Å². The molecule has 0 unspecified atom stereocenters. The summed E-state index contributed by atoms with van der Waals surface area (Å²) in [5.41, 5.74) is 2.24. The molecule has 0 aliphatic heterocycles. The van der Waals surface area contributed by atoms with Crippen molar-refractivity contribution in [1.82, 2.24) is 9.13 Å². The molecule has 5 aromatic rings. The Kier molecular flexibility index (Phi) is 6.59. The van der Waals surface area contributed by atoms with Crippen molar-refractivity contribution in [3.8, 4) is 0 Å². The topological polar surface area (TPSA) is 26.9 Å². The Hall–Kier alpha value is -3.25. The molecule has 34 heavy (non-hydrogen) atoms. The van der Waals surface area contributed by atoms with Crippen LogP contribution in [0.3, 0.4) is 0 Å². The minimum atomic E-state index is -0.938. The van der Waals surface area contributed by atoms with Crippen LogP contribution in [0.2, 0.25) is 0 Å². The Morgan fingerprint density at radius 3 is 0.912 bits per heavy atom. The number of nitrogens with zero attached hydrogens (tertiary/aromatic N) is 2. The van der Waals surface area contributed by atoms with E-state index in [4.69, 9.17) is 0 Å². The van der Waals surface area contributed by atoms with Crippen molar-refractivity contribution >= 4 is 47.9 Å². The molecule has 0 radical (unpaired) electrons. The van der Waals surface area contributed by atoms with Gasteiger partial charge in [0.05, 0.1) is 10.9 Å². The average Bonchev–Trinajstić information content (AvgIpc) is 3.11. The lowest BCUT2D eigenvalue weighted by Crippen LogP contribution is -2.38. The van der Waals surface area contributed by atoms with Crippen LogP contribution in [0.4, 0.5) is 0 Å². The molecule has 0 aliphatic carbocycles. The molecule has 5 rings (SSSR count). The SMILES string of the molecule is Cn1c(P(c2ccccc2)c2ccccc2)c(P(c2ccccc2)c2ccccc2)n(C)c1=O. The maximum atomic E-state index is 13.5. The van der Waals surface area contributed by atoms with Crippen molar-refractivity contribution in [3.63, 3.8) is 0 Å². The second-order valence-corrected chi connectivity index (χ2v) is 12.3. The van der Waals surface area contributed by atoms with E-state index in [-0.39, 0.29) is 5.69 Å². The van der Waals surface area contributed by atoms with E-state index >= 15 is 0 Å². The van der Waals surface area contributed by atoms with E-state index in [2.05, 4.69) is 97.1 Å². The molecular weight excluding hydrogens is 454 g/mol. The van der Waals surface area contributed by atoms with Gasteiger partial charge >= 0.3 is 5.69 Å². The van der Waals surface area contributed by atoms with Crippen LogP contribution < -0.4 is 37.8 Å². The number of hydrogen-bond acceptors (Lipinski definition) is 1. The van der Waals surface area contributed by atoms with Gasteiger partial charge in [-0.3, -0.25) is 9.13 Å². The van der Waals surface area contributed by atoms with Crippen LogP contribution in [0, 0.1) is 0 Å². The zero-order valence-corrected chi connectivity index (χ0v) is 21.0. The monoisotopic (exact) mass is 480 g/mol. The molecule has 1 aromatic heterocycles. The Morgan fingerprint density at radius 2 is 0.676 bits per heavy atom. The first-order valence-electron chi connectivity index (χ1n) is 11.2. The molecule has 0 aliphatic rings. The first-order chi connectivity index (χ1) is 16.7. The summed E-state index contributed by atoms with van der Waals surface area (Å²) in [6.45, 7) is 0. The van der Waals surface area contributed by atoms with Crippen LogP contribution in [0.25, 0.3) is 0 Å². The Bertz CT molecular complexity index is 1240. The molecule has 168 valence electrons. The molecule has 0 saturated carbocycles. The third kappa shape index (κ3) is 4.18. The molecule has 1 heterocycles. The number of aromatic nitrogens is 2. The summed E-state index contributed by atoms with van der Waals surface area (Å²) in [6.07, 6.45) is 0. The first-order valence-corrected chi connectivity index (χ1v) is 13.9. The quantitative estimate of drug-likeness (QED) is 0.343. The summed E-state index contributed by atoms with van der Waals surface area (Å²) in [4.78, 5) is 13.5. The fourth-order valence-electron chi connectivity index (χ4n) is 4.30. The van der Waals surface area contributed by atoms with E-state index in [1.165, 1.54) is 21.2 Å². The normalized spacial score (nSPS) is 11.3. The van der Waals surface area contributed by atoms with Gasteiger partial charge in [0.15, 0.2) is 0 Å². The summed E-state index contributed by atoms with van der Waals surface area (Å²) in [5, 5.41) is 4.95. The van der Waals surface area contributed by atoms with Crippen LogP contribution >= 0.6 is 15.8 Å². The molecule has 0 amide bonds. The Labute approximate surface area is 202 Å². The third-order valence-electron chi connectivity index (χ3n) is 5.89. The van der Waals surface area contributed by atoms with Gasteiger partial charge in [-0.1, -0.05) is 121 Å². The number of rotatable bonds is 6. The van der Waals surface area contributed by atoms with E-state index in [9.17, 15) is 4.79 Å². The highest BCUT2D eigenvalue weighted by Gasteiger charge is 2.32. The van der Waals surface area contributed by atoms with Crippen LogP contribution in [0.5, 0.6) is 0 Å². The molecule has 4 aromatic carbocycles. The zero-order valence-electron chi connectivity index (χ0n) is 19.2. The molecule has 0 fully saturated rings. The number of hydrogen-bond donors (Lipinski definition) is 0. The van der Waals surface area contributed by atoms with E-state index in [0.29, 0.717) is 0 Å². The van der Waals surface area contributed by atoms with E-state index in [0.717, 1.165) is 10.9 Å². The van der Waals surface area contributed by atoms with Crippen LogP contribution in [0.15, 0.2) is 126 Å². The molecule has 0 atom stereocenters. The van der Waals surface area contributed by atoms with Crippen molar-refractivity contribution in [2.24, 2.45) is 14.1 Å². The van der Waals surface area contributed by atoms with E-state index in [1.807, 2.05) is 47.5 Å². The van der Waals surface area contributed by atoms with Crippen molar-refractivity contribution in [1.29, 1.82) is 0 Å². The summed E-state index contributed by atoms with van der Waals surface area (Å²) >= 11 is 0. The minimum Gasteiger partial charge on any atom is -0.294 e. The Morgan fingerprint density at radius 1 is 0.441 bits per heavy atom. The van der Waals surface area contributed by atoms with Gasteiger partial charge in [-0.15, -0.1) is 0 Å². The summed E-state index contributed by atoms with van der Waals surface area (Å²) in [7, 11) is 1.97. The highest BCUT2D eigenvalue weighted by Crippen LogP contribution is 2.38. The van der Waals surface area contributed by atoms with Crippen molar-refractivity contribution in [2.75, 3.05) is 0 Å². The second kappa shape index (κ2) is 9.94. The third-order valence-corrected chi connectivity index (χ3v) is 11.2. The van der Waals surface area contributed by atoms with Gasteiger partial charge in [0, 0.05) is 29.9 Å². The highest BCUT2D eigenvalue weighted by atomic mass is 31.1. The summed E-state index contributed by atoms with van der Waals surface area (Å²) in [5.74, 6) is 0. The van der Waals surface area contributed by atoms with Crippen LogP contribution in [-0.2, 0) is 14.1 Å². The molecule has 5 heteroatoms.